The normalized spacial score (nSPS) is 15.8. The number of carbonyl (C=O) groups is 1. The molecule has 0 spiro atoms. The van der Waals surface area contributed by atoms with Crippen LogP contribution in [0.25, 0.3) is 0 Å². The maximum atomic E-state index is 12.7. The van der Waals surface area contributed by atoms with Crippen molar-refractivity contribution in [2.45, 2.75) is 25.7 Å². The molecule has 0 aliphatic rings. The van der Waals surface area contributed by atoms with Gasteiger partial charge in [-0.05, 0) is 23.0 Å². The molecular formula is C21H24OY-2. The fourth-order valence-corrected chi connectivity index (χ4v) is 2.75. The predicted molar refractivity (Wildman–Crippen MR) is 92.4 cm³/mol. The summed E-state index contributed by atoms with van der Waals surface area (Å²) in [5.41, 5.74) is 2.30. The largest absolute Gasteiger partial charge is 0.333 e. The molecule has 2 rings (SSSR count). The van der Waals surface area contributed by atoms with Gasteiger partial charge < -0.3 is 18.6 Å². The van der Waals surface area contributed by atoms with Crippen molar-refractivity contribution >= 4 is 5.78 Å². The van der Waals surface area contributed by atoms with E-state index >= 15 is 0 Å². The van der Waals surface area contributed by atoms with Gasteiger partial charge in [-0.3, -0.25) is 0 Å². The molecule has 4 unspecified atom stereocenters. The minimum Gasteiger partial charge on any atom is -0.333 e. The summed E-state index contributed by atoms with van der Waals surface area (Å²) in [5.74, 6) is -0.235. The Labute approximate surface area is 165 Å². The molecule has 0 heterocycles. The summed E-state index contributed by atoms with van der Waals surface area (Å²) >= 11 is 0. The summed E-state index contributed by atoms with van der Waals surface area (Å²) in [7, 11) is 0. The third kappa shape index (κ3) is 5.09. The minimum atomic E-state index is -0.281. The molecule has 0 saturated heterocycles. The molecule has 0 aliphatic carbocycles. The van der Waals surface area contributed by atoms with Gasteiger partial charge in [0.25, 0.3) is 0 Å². The van der Waals surface area contributed by atoms with Crippen molar-refractivity contribution in [2.75, 3.05) is 0 Å². The molecule has 2 heteroatoms. The number of carbonyl (C=O) groups excluding carboxylic acids is 1. The number of benzene rings is 2. The maximum Gasteiger partial charge on any atom is 0.0803 e. The van der Waals surface area contributed by atoms with Gasteiger partial charge in [0.1, 0.15) is 0 Å². The molecule has 0 N–H and O–H groups in total. The number of hydrogen-bond donors (Lipinski definition) is 0. The van der Waals surface area contributed by atoms with Gasteiger partial charge in [0, 0.05) is 32.7 Å². The second-order valence-corrected chi connectivity index (χ2v) is 6.01. The van der Waals surface area contributed by atoms with E-state index in [0.717, 1.165) is 11.1 Å². The molecule has 0 fully saturated rings. The van der Waals surface area contributed by atoms with E-state index in [-0.39, 0.29) is 62.2 Å². The van der Waals surface area contributed by atoms with Crippen LogP contribution >= 0.6 is 0 Å². The molecule has 0 aromatic heterocycles. The number of hydrogen-bond acceptors (Lipinski definition) is 1. The Morgan fingerprint density at radius 1 is 0.739 bits per heavy atom. The molecule has 1 radical (unpaired) electrons. The fraction of sp³-hybridized carbons (Fsp3) is 0.286. The third-order valence-electron chi connectivity index (χ3n) is 4.59. The minimum absolute atomic E-state index is 0. The number of ketones is 1. The van der Waals surface area contributed by atoms with Gasteiger partial charge in [-0.2, -0.15) is 0 Å². The van der Waals surface area contributed by atoms with E-state index in [2.05, 4.69) is 52.0 Å². The quantitative estimate of drug-likeness (QED) is 0.639. The second kappa shape index (κ2) is 9.50. The molecule has 0 aliphatic heterocycles. The monoisotopic (exact) mass is 381 g/mol. The van der Waals surface area contributed by atoms with Crippen molar-refractivity contribution in [3.05, 3.63) is 85.6 Å². The fourth-order valence-electron chi connectivity index (χ4n) is 2.75. The summed E-state index contributed by atoms with van der Waals surface area (Å²) in [6.07, 6.45) is 0. The molecule has 4 atom stereocenters. The van der Waals surface area contributed by atoms with Crippen molar-refractivity contribution in [3.63, 3.8) is 0 Å². The van der Waals surface area contributed by atoms with E-state index in [4.69, 9.17) is 0 Å². The molecule has 1 nitrogen and oxygen atoms in total. The van der Waals surface area contributed by atoms with Crippen LogP contribution in [0.3, 0.4) is 0 Å². The Morgan fingerprint density at radius 2 is 1.04 bits per heavy atom. The number of Topliss-reactive ketones (excluding diaryl/α,β-unsaturated/α-hetero) is 1. The van der Waals surface area contributed by atoms with Gasteiger partial charge in [-0.1, -0.05) is 74.5 Å². The van der Waals surface area contributed by atoms with Crippen LogP contribution in [-0.2, 0) is 37.5 Å². The first-order valence-electron chi connectivity index (χ1n) is 7.82. The molecule has 119 valence electrons. The van der Waals surface area contributed by atoms with Crippen LogP contribution in [0.15, 0.2) is 60.7 Å². The summed E-state index contributed by atoms with van der Waals surface area (Å²) in [4.78, 5) is 12.7. The van der Waals surface area contributed by atoms with E-state index in [9.17, 15) is 4.79 Å². The van der Waals surface area contributed by atoms with Gasteiger partial charge in [0.05, 0.1) is 5.78 Å². The summed E-state index contributed by atoms with van der Waals surface area (Å²) in [6.45, 7) is 12.4. The Balaban J connectivity index is 0.00000264. The number of rotatable bonds is 6. The van der Waals surface area contributed by atoms with E-state index < -0.39 is 0 Å². The first-order valence-corrected chi connectivity index (χ1v) is 7.82. The van der Waals surface area contributed by atoms with E-state index in [1.54, 1.807) is 0 Å². The third-order valence-corrected chi connectivity index (χ3v) is 4.59. The maximum absolute atomic E-state index is 12.7. The molecule has 23 heavy (non-hydrogen) atoms. The van der Waals surface area contributed by atoms with Crippen molar-refractivity contribution in [1.29, 1.82) is 0 Å². The zero-order valence-corrected chi connectivity index (χ0v) is 16.8. The molecule has 0 saturated carbocycles. The van der Waals surface area contributed by atoms with Crippen LogP contribution in [0.4, 0.5) is 0 Å². The Hall–Kier alpha value is -0.786. The molecular weight excluding hydrogens is 357 g/mol. The van der Waals surface area contributed by atoms with Gasteiger partial charge >= 0.3 is 0 Å². The molecule has 0 bridgehead atoms. The van der Waals surface area contributed by atoms with Crippen LogP contribution in [0, 0.1) is 25.7 Å². The second-order valence-electron chi connectivity index (χ2n) is 6.01. The summed E-state index contributed by atoms with van der Waals surface area (Å²) in [6, 6.07) is 20.2. The molecule has 2 aromatic carbocycles. The van der Waals surface area contributed by atoms with E-state index in [0.29, 0.717) is 0 Å². The SMILES string of the molecule is [CH2-]C(C(=O)C([CH2-])C(C)c1ccccc1)C(C)c1ccccc1.[Y]. The van der Waals surface area contributed by atoms with Crippen molar-refractivity contribution in [3.8, 4) is 0 Å². The first kappa shape index (κ1) is 20.3. The molecule has 0 amide bonds. The Kier molecular flexibility index (Phi) is 8.36. The Morgan fingerprint density at radius 3 is 1.35 bits per heavy atom. The van der Waals surface area contributed by atoms with Gasteiger partial charge in [0.2, 0.25) is 0 Å². The summed E-state index contributed by atoms with van der Waals surface area (Å²) in [5, 5.41) is 0. The van der Waals surface area contributed by atoms with E-state index in [1.165, 1.54) is 0 Å². The average Bonchev–Trinajstić information content (AvgIpc) is 2.60. The molecule has 2 aromatic rings. The van der Waals surface area contributed by atoms with Crippen LogP contribution in [0.2, 0.25) is 0 Å². The zero-order chi connectivity index (χ0) is 16.1. The standard InChI is InChI=1S/C21H24O.Y/c1-15(19-11-7-5-8-12-19)17(3)21(22)18(4)16(2)20-13-9-6-10-14-20;/h5-18H,3-4H2,1-2H3;/q-2;. The van der Waals surface area contributed by atoms with Crippen molar-refractivity contribution in [2.24, 2.45) is 11.8 Å². The van der Waals surface area contributed by atoms with Gasteiger partial charge in [-0.25, -0.2) is 0 Å². The van der Waals surface area contributed by atoms with Crippen LogP contribution in [0.1, 0.15) is 36.8 Å². The Bertz CT molecular complexity index is 540. The van der Waals surface area contributed by atoms with Crippen LogP contribution in [-0.4, -0.2) is 5.78 Å². The predicted octanol–water partition coefficient (Wildman–Crippen LogP) is 5.06. The van der Waals surface area contributed by atoms with Gasteiger partial charge in [-0.15, -0.1) is 11.8 Å². The van der Waals surface area contributed by atoms with Crippen LogP contribution < -0.4 is 0 Å². The van der Waals surface area contributed by atoms with E-state index in [1.807, 2.05) is 36.4 Å². The van der Waals surface area contributed by atoms with Gasteiger partial charge in [0.15, 0.2) is 0 Å². The van der Waals surface area contributed by atoms with Crippen LogP contribution in [0.5, 0.6) is 0 Å². The van der Waals surface area contributed by atoms with Crippen molar-refractivity contribution in [1.82, 2.24) is 0 Å². The smallest absolute Gasteiger partial charge is 0.0803 e. The topological polar surface area (TPSA) is 17.1 Å². The average molecular weight is 381 g/mol. The summed E-state index contributed by atoms with van der Waals surface area (Å²) < 4.78 is 0. The van der Waals surface area contributed by atoms with Crippen molar-refractivity contribution < 1.29 is 37.5 Å². The zero-order valence-electron chi connectivity index (χ0n) is 14.0. The first-order chi connectivity index (χ1) is 10.5.